The third-order valence-electron chi connectivity index (χ3n) is 7.87. The van der Waals surface area contributed by atoms with Gasteiger partial charge in [0.15, 0.2) is 0 Å². The highest BCUT2D eigenvalue weighted by Gasteiger charge is 2.34. The van der Waals surface area contributed by atoms with Crippen molar-refractivity contribution in [3.8, 4) is 28.3 Å². The standard InChI is InChI=1S/C31H29N3O5S/c1-18-8-9-21(13-19(18)2)20-5-3-6-23(14-20)30-32-26-11-10-22-15-25(16-27(35)28(22)29(26)33-30)40(38,39)34-12-4-7-24(17-34)31(36)37/h3,5-6,8-11,13-16,24,35H,4,7,12,17H2,1-2H3,(H,32,33)(H,36,37). The number of fused-ring (bicyclic) bond motifs is 3. The van der Waals surface area contributed by atoms with Gasteiger partial charge in [-0.15, -0.1) is 0 Å². The number of hydrogen-bond acceptors (Lipinski definition) is 5. The molecule has 1 aromatic heterocycles. The average molecular weight is 556 g/mol. The van der Waals surface area contributed by atoms with Gasteiger partial charge >= 0.3 is 5.97 Å². The second kappa shape index (κ2) is 9.76. The minimum Gasteiger partial charge on any atom is -0.507 e. The van der Waals surface area contributed by atoms with Crippen molar-refractivity contribution in [2.75, 3.05) is 13.1 Å². The highest BCUT2D eigenvalue weighted by Crippen LogP contribution is 2.37. The van der Waals surface area contributed by atoms with E-state index >= 15 is 0 Å². The van der Waals surface area contributed by atoms with Crippen LogP contribution in [0.25, 0.3) is 44.3 Å². The van der Waals surface area contributed by atoms with Crippen molar-refractivity contribution >= 4 is 37.8 Å². The molecule has 0 spiro atoms. The van der Waals surface area contributed by atoms with E-state index in [0.29, 0.717) is 40.5 Å². The molecule has 0 saturated carbocycles. The number of phenols is 1. The zero-order valence-corrected chi connectivity index (χ0v) is 23.0. The van der Waals surface area contributed by atoms with E-state index in [1.54, 1.807) is 6.07 Å². The number of aromatic nitrogens is 2. The first-order valence-corrected chi connectivity index (χ1v) is 14.6. The number of piperidine rings is 1. The molecule has 2 heterocycles. The van der Waals surface area contributed by atoms with Crippen LogP contribution in [0.4, 0.5) is 0 Å². The zero-order chi connectivity index (χ0) is 28.2. The van der Waals surface area contributed by atoms with Crippen molar-refractivity contribution in [1.82, 2.24) is 14.3 Å². The fourth-order valence-electron chi connectivity index (χ4n) is 5.45. The molecule has 0 aliphatic carbocycles. The summed E-state index contributed by atoms with van der Waals surface area (Å²) in [6, 6.07) is 20.8. The van der Waals surface area contributed by atoms with Crippen LogP contribution in [0.1, 0.15) is 24.0 Å². The van der Waals surface area contributed by atoms with Crippen LogP contribution in [0.15, 0.2) is 71.6 Å². The molecule has 204 valence electrons. The number of phenolic OH excluding ortho intramolecular Hbond substituents is 1. The van der Waals surface area contributed by atoms with Crippen LogP contribution in [0.3, 0.4) is 0 Å². The number of sulfonamides is 1. The molecule has 9 heteroatoms. The van der Waals surface area contributed by atoms with E-state index < -0.39 is 21.9 Å². The Kier molecular flexibility index (Phi) is 6.35. The van der Waals surface area contributed by atoms with Gasteiger partial charge in [-0.1, -0.05) is 42.5 Å². The maximum absolute atomic E-state index is 13.4. The number of aliphatic carboxylic acids is 1. The number of aryl methyl sites for hydroxylation is 2. The zero-order valence-electron chi connectivity index (χ0n) is 22.2. The molecule has 1 aliphatic heterocycles. The molecule has 1 saturated heterocycles. The largest absolute Gasteiger partial charge is 0.507 e. The van der Waals surface area contributed by atoms with E-state index in [0.717, 1.165) is 16.7 Å². The summed E-state index contributed by atoms with van der Waals surface area (Å²) in [7, 11) is -3.99. The number of rotatable bonds is 5. The lowest BCUT2D eigenvalue weighted by atomic mass is 9.99. The number of carbonyl (C=O) groups is 1. The van der Waals surface area contributed by atoms with Gasteiger partial charge in [0.05, 0.1) is 21.7 Å². The summed E-state index contributed by atoms with van der Waals surface area (Å²) in [5.41, 5.74) is 6.77. The number of carboxylic acid groups (broad SMARTS) is 1. The van der Waals surface area contributed by atoms with Crippen molar-refractivity contribution in [2.45, 2.75) is 31.6 Å². The van der Waals surface area contributed by atoms with E-state index in [9.17, 15) is 23.4 Å². The lowest BCUT2D eigenvalue weighted by Gasteiger charge is -2.29. The normalized spacial score (nSPS) is 16.5. The Hall–Kier alpha value is -4.21. The molecule has 40 heavy (non-hydrogen) atoms. The Morgan fingerprint density at radius 2 is 1.75 bits per heavy atom. The topological polar surface area (TPSA) is 124 Å². The van der Waals surface area contributed by atoms with Crippen LogP contribution in [-0.4, -0.2) is 52.0 Å². The SMILES string of the molecule is Cc1ccc(-c2cccc(-c3nc4c(ccc5cc(S(=O)(=O)N6CCCC(C(=O)O)C6)cc(O)c54)[nH]3)c2)cc1C. The molecule has 1 fully saturated rings. The second-order valence-electron chi connectivity index (χ2n) is 10.5. The molecule has 4 aromatic carbocycles. The van der Waals surface area contributed by atoms with Crippen LogP contribution < -0.4 is 0 Å². The summed E-state index contributed by atoms with van der Waals surface area (Å²) < 4.78 is 28.0. The second-order valence-corrected chi connectivity index (χ2v) is 12.4. The third kappa shape index (κ3) is 4.51. The fourth-order valence-corrected chi connectivity index (χ4v) is 7.03. The first kappa shape index (κ1) is 26.0. The summed E-state index contributed by atoms with van der Waals surface area (Å²) in [6.45, 7) is 4.34. The summed E-state index contributed by atoms with van der Waals surface area (Å²) in [6.07, 6.45) is 0.911. The minimum absolute atomic E-state index is 0.0697. The van der Waals surface area contributed by atoms with Crippen molar-refractivity contribution in [3.63, 3.8) is 0 Å². The van der Waals surface area contributed by atoms with Crippen LogP contribution in [0, 0.1) is 19.8 Å². The first-order chi connectivity index (χ1) is 19.1. The van der Waals surface area contributed by atoms with Crippen LogP contribution in [0.5, 0.6) is 5.75 Å². The molecular weight excluding hydrogens is 526 g/mol. The van der Waals surface area contributed by atoms with Crippen LogP contribution in [0.2, 0.25) is 0 Å². The molecule has 0 radical (unpaired) electrons. The van der Waals surface area contributed by atoms with E-state index in [1.165, 1.54) is 27.6 Å². The van der Waals surface area contributed by atoms with Gasteiger partial charge in [0.25, 0.3) is 0 Å². The van der Waals surface area contributed by atoms with Gasteiger partial charge in [0, 0.05) is 24.7 Å². The molecule has 1 atom stereocenters. The van der Waals surface area contributed by atoms with Crippen molar-refractivity contribution in [3.05, 3.63) is 77.9 Å². The van der Waals surface area contributed by atoms with Crippen molar-refractivity contribution in [2.24, 2.45) is 5.92 Å². The third-order valence-corrected chi connectivity index (χ3v) is 9.71. The maximum atomic E-state index is 13.4. The Labute approximate surface area is 232 Å². The number of nitrogens with zero attached hydrogens (tertiary/aromatic N) is 2. The highest BCUT2D eigenvalue weighted by atomic mass is 32.2. The molecule has 3 N–H and O–H groups in total. The highest BCUT2D eigenvalue weighted by molar-refractivity contribution is 7.89. The summed E-state index contributed by atoms with van der Waals surface area (Å²) in [4.78, 5) is 19.5. The number of nitrogens with one attached hydrogen (secondary N) is 1. The number of H-pyrrole nitrogens is 1. The molecule has 5 aromatic rings. The predicted octanol–water partition coefficient (Wildman–Crippen LogP) is 5.86. The summed E-state index contributed by atoms with van der Waals surface area (Å²) >= 11 is 0. The van der Waals surface area contributed by atoms with E-state index in [-0.39, 0.29) is 23.7 Å². The molecular formula is C31H29N3O5S. The lowest BCUT2D eigenvalue weighted by Crippen LogP contribution is -2.42. The maximum Gasteiger partial charge on any atom is 0.307 e. The first-order valence-electron chi connectivity index (χ1n) is 13.2. The monoisotopic (exact) mass is 555 g/mol. The van der Waals surface area contributed by atoms with Crippen LogP contribution in [-0.2, 0) is 14.8 Å². The number of imidazole rings is 1. The van der Waals surface area contributed by atoms with E-state index in [1.807, 2.05) is 18.2 Å². The van der Waals surface area contributed by atoms with Gasteiger partial charge in [0.1, 0.15) is 17.1 Å². The quantitative estimate of drug-likeness (QED) is 0.250. The fraction of sp³-hybridized carbons (Fsp3) is 0.226. The Morgan fingerprint density at radius 1 is 0.975 bits per heavy atom. The van der Waals surface area contributed by atoms with Gasteiger partial charge in [-0.3, -0.25) is 4.79 Å². The molecule has 8 nitrogen and oxygen atoms in total. The smallest absolute Gasteiger partial charge is 0.307 e. The summed E-state index contributed by atoms with van der Waals surface area (Å²) in [5, 5.41) is 21.4. The molecule has 1 aliphatic rings. The number of carboxylic acids is 1. The number of hydrogen-bond donors (Lipinski definition) is 3. The molecule has 6 rings (SSSR count). The average Bonchev–Trinajstić information content (AvgIpc) is 3.39. The van der Waals surface area contributed by atoms with Crippen molar-refractivity contribution < 1.29 is 23.4 Å². The molecule has 0 bridgehead atoms. The van der Waals surface area contributed by atoms with E-state index in [2.05, 4.69) is 49.2 Å². The van der Waals surface area contributed by atoms with Crippen molar-refractivity contribution in [1.29, 1.82) is 0 Å². The van der Waals surface area contributed by atoms with E-state index in [4.69, 9.17) is 4.98 Å². The van der Waals surface area contributed by atoms with Gasteiger partial charge < -0.3 is 15.2 Å². The van der Waals surface area contributed by atoms with Crippen LogP contribution >= 0.6 is 0 Å². The number of aromatic hydroxyl groups is 1. The number of aromatic amines is 1. The Balaban J connectivity index is 1.39. The Bertz CT molecular complexity index is 1910. The molecule has 1 unspecified atom stereocenters. The van der Waals surface area contributed by atoms with Gasteiger partial charge in [0.2, 0.25) is 10.0 Å². The Morgan fingerprint density at radius 3 is 2.52 bits per heavy atom. The predicted molar refractivity (Wildman–Crippen MR) is 155 cm³/mol. The van der Waals surface area contributed by atoms with Gasteiger partial charge in [-0.05, 0) is 72.5 Å². The minimum atomic E-state index is -3.99. The van der Waals surface area contributed by atoms with Gasteiger partial charge in [-0.2, -0.15) is 4.31 Å². The molecule has 0 amide bonds. The lowest BCUT2D eigenvalue weighted by molar-refractivity contribution is -0.142. The van der Waals surface area contributed by atoms with Gasteiger partial charge in [-0.25, -0.2) is 13.4 Å². The summed E-state index contributed by atoms with van der Waals surface area (Å²) in [5.74, 6) is -1.31. The number of benzene rings is 4.